The second-order valence-electron chi connectivity index (χ2n) is 5.79. The van der Waals surface area contributed by atoms with Gasteiger partial charge in [0, 0.05) is 6.54 Å². The number of alkyl carbamates (subject to hydrolysis) is 1. The van der Waals surface area contributed by atoms with Crippen molar-refractivity contribution < 1.29 is 9.53 Å². The molecule has 0 heterocycles. The van der Waals surface area contributed by atoms with Gasteiger partial charge in [-0.05, 0) is 18.8 Å². The van der Waals surface area contributed by atoms with E-state index in [0.29, 0.717) is 5.92 Å². The molecule has 0 bridgehead atoms. The lowest BCUT2D eigenvalue weighted by Gasteiger charge is -2.18. The molecule has 0 aliphatic heterocycles. The fourth-order valence-electron chi connectivity index (χ4n) is 2.84. The Morgan fingerprint density at radius 3 is 2.00 bits per heavy atom. The maximum absolute atomic E-state index is 11.4. The van der Waals surface area contributed by atoms with Crippen LogP contribution in [0, 0.1) is 18.3 Å². The van der Waals surface area contributed by atoms with Gasteiger partial charge in [0.05, 0.1) is 0 Å². The summed E-state index contributed by atoms with van der Waals surface area (Å²) in [7, 11) is 0. The lowest BCUT2D eigenvalue weighted by Crippen LogP contribution is -2.30. The SMILES string of the molecule is C#CCOC(=O)NCC1CCCCCCCCCCC1. The summed E-state index contributed by atoms with van der Waals surface area (Å²) < 4.78 is 4.83. The maximum Gasteiger partial charge on any atom is 0.408 e. The molecule has 0 aromatic heterocycles. The molecule has 1 rings (SSSR count). The van der Waals surface area contributed by atoms with E-state index in [4.69, 9.17) is 11.2 Å². The third kappa shape index (κ3) is 8.85. The molecule has 0 radical (unpaired) electrons. The van der Waals surface area contributed by atoms with E-state index in [9.17, 15) is 4.79 Å². The van der Waals surface area contributed by atoms with Crippen LogP contribution in [0.3, 0.4) is 0 Å². The fourth-order valence-corrected chi connectivity index (χ4v) is 2.84. The Hall–Kier alpha value is -1.17. The number of hydrogen-bond donors (Lipinski definition) is 1. The highest BCUT2D eigenvalue weighted by atomic mass is 16.5. The average molecular weight is 279 g/mol. The van der Waals surface area contributed by atoms with Crippen LogP contribution >= 0.6 is 0 Å². The largest absolute Gasteiger partial charge is 0.436 e. The normalized spacial score (nSPS) is 19.1. The van der Waals surface area contributed by atoms with E-state index in [1.165, 1.54) is 70.6 Å². The van der Waals surface area contributed by atoms with Crippen LogP contribution in [0.25, 0.3) is 0 Å². The highest BCUT2D eigenvalue weighted by molar-refractivity contribution is 5.67. The Bertz CT molecular complexity index is 284. The number of nitrogens with one attached hydrogen (secondary N) is 1. The monoisotopic (exact) mass is 279 g/mol. The van der Waals surface area contributed by atoms with E-state index in [0.717, 1.165) is 6.54 Å². The lowest BCUT2D eigenvalue weighted by atomic mass is 9.93. The first-order chi connectivity index (χ1) is 9.83. The Morgan fingerprint density at radius 1 is 1.00 bits per heavy atom. The number of carbonyl (C=O) groups excluding carboxylic acids is 1. The summed E-state index contributed by atoms with van der Waals surface area (Å²) in [6.07, 6.45) is 19.3. The molecule has 1 amide bonds. The van der Waals surface area contributed by atoms with Crippen LogP contribution in [-0.2, 0) is 4.74 Å². The first-order valence-electron chi connectivity index (χ1n) is 8.17. The Kier molecular flexibility index (Phi) is 9.83. The number of ether oxygens (including phenoxy) is 1. The van der Waals surface area contributed by atoms with Crippen LogP contribution in [0.5, 0.6) is 0 Å². The molecule has 114 valence electrons. The Labute approximate surface area is 123 Å². The summed E-state index contributed by atoms with van der Waals surface area (Å²) in [6.45, 7) is 0.778. The number of terminal acetylenes is 1. The molecule has 3 nitrogen and oxygen atoms in total. The zero-order chi connectivity index (χ0) is 14.5. The molecule has 0 unspecified atom stereocenters. The third-order valence-electron chi connectivity index (χ3n) is 4.05. The van der Waals surface area contributed by atoms with Crippen molar-refractivity contribution in [1.29, 1.82) is 0 Å². The Balaban J connectivity index is 2.24. The van der Waals surface area contributed by atoms with Gasteiger partial charge >= 0.3 is 6.09 Å². The van der Waals surface area contributed by atoms with Gasteiger partial charge in [-0.1, -0.05) is 63.7 Å². The van der Waals surface area contributed by atoms with Gasteiger partial charge in [0.2, 0.25) is 0 Å². The highest BCUT2D eigenvalue weighted by Crippen LogP contribution is 2.20. The average Bonchev–Trinajstić information content (AvgIpc) is 2.44. The van der Waals surface area contributed by atoms with Crippen molar-refractivity contribution in [3.05, 3.63) is 0 Å². The van der Waals surface area contributed by atoms with Crippen molar-refractivity contribution in [2.24, 2.45) is 5.92 Å². The number of hydrogen-bond acceptors (Lipinski definition) is 2. The molecular weight excluding hydrogens is 250 g/mol. The molecule has 1 aliphatic rings. The predicted octanol–water partition coefficient (Wildman–Crippen LogP) is 4.27. The Morgan fingerprint density at radius 2 is 1.50 bits per heavy atom. The molecule has 1 saturated carbocycles. The van der Waals surface area contributed by atoms with E-state index < -0.39 is 0 Å². The van der Waals surface area contributed by atoms with E-state index >= 15 is 0 Å². The van der Waals surface area contributed by atoms with Crippen LogP contribution in [0.2, 0.25) is 0 Å². The second kappa shape index (κ2) is 11.6. The van der Waals surface area contributed by atoms with Gasteiger partial charge in [0.25, 0.3) is 0 Å². The molecule has 20 heavy (non-hydrogen) atoms. The summed E-state index contributed by atoms with van der Waals surface area (Å²) in [4.78, 5) is 11.4. The molecule has 1 fully saturated rings. The summed E-state index contributed by atoms with van der Waals surface area (Å²) in [5.74, 6) is 2.89. The minimum atomic E-state index is -0.380. The molecule has 1 N–H and O–H groups in total. The molecular formula is C17H29NO2. The van der Waals surface area contributed by atoms with Crippen LogP contribution in [-0.4, -0.2) is 19.2 Å². The maximum atomic E-state index is 11.4. The van der Waals surface area contributed by atoms with Gasteiger partial charge in [0.1, 0.15) is 0 Å². The van der Waals surface area contributed by atoms with Gasteiger partial charge in [-0.15, -0.1) is 6.42 Å². The van der Waals surface area contributed by atoms with Crippen molar-refractivity contribution >= 4 is 6.09 Å². The molecule has 0 spiro atoms. The molecule has 0 aromatic rings. The third-order valence-corrected chi connectivity index (χ3v) is 4.05. The number of rotatable bonds is 3. The topological polar surface area (TPSA) is 38.3 Å². The molecule has 0 atom stereocenters. The van der Waals surface area contributed by atoms with E-state index in [2.05, 4.69) is 11.2 Å². The summed E-state index contributed by atoms with van der Waals surface area (Å²) >= 11 is 0. The van der Waals surface area contributed by atoms with Gasteiger partial charge in [-0.25, -0.2) is 4.79 Å². The zero-order valence-electron chi connectivity index (χ0n) is 12.7. The van der Waals surface area contributed by atoms with Gasteiger partial charge in [-0.2, -0.15) is 0 Å². The predicted molar refractivity (Wildman–Crippen MR) is 82.5 cm³/mol. The molecule has 0 saturated heterocycles. The van der Waals surface area contributed by atoms with E-state index in [-0.39, 0.29) is 12.7 Å². The summed E-state index contributed by atoms with van der Waals surface area (Å²) in [5.41, 5.74) is 0. The van der Waals surface area contributed by atoms with Crippen molar-refractivity contribution in [3.63, 3.8) is 0 Å². The van der Waals surface area contributed by atoms with Gasteiger partial charge in [0.15, 0.2) is 6.61 Å². The molecule has 1 aliphatic carbocycles. The fraction of sp³-hybridized carbons (Fsp3) is 0.824. The van der Waals surface area contributed by atoms with E-state index in [1.807, 2.05) is 0 Å². The van der Waals surface area contributed by atoms with Crippen LogP contribution < -0.4 is 5.32 Å². The van der Waals surface area contributed by atoms with Gasteiger partial charge < -0.3 is 10.1 Å². The lowest BCUT2D eigenvalue weighted by molar-refractivity contribution is 0.157. The quantitative estimate of drug-likeness (QED) is 0.784. The number of amides is 1. The van der Waals surface area contributed by atoms with Crippen molar-refractivity contribution in [3.8, 4) is 12.3 Å². The minimum Gasteiger partial charge on any atom is -0.436 e. The van der Waals surface area contributed by atoms with Crippen LogP contribution in [0.15, 0.2) is 0 Å². The minimum absolute atomic E-state index is 0.0521. The highest BCUT2D eigenvalue weighted by Gasteiger charge is 2.11. The first kappa shape index (κ1) is 16.9. The molecule has 0 aromatic carbocycles. The first-order valence-corrected chi connectivity index (χ1v) is 8.17. The molecule has 3 heteroatoms. The van der Waals surface area contributed by atoms with Crippen molar-refractivity contribution in [1.82, 2.24) is 5.32 Å². The van der Waals surface area contributed by atoms with E-state index in [1.54, 1.807) is 0 Å². The van der Waals surface area contributed by atoms with Crippen molar-refractivity contribution in [2.45, 2.75) is 70.6 Å². The standard InChI is InChI=1S/C17H29NO2/c1-2-14-20-17(19)18-15-16-12-10-8-6-4-3-5-7-9-11-13-16/h1,16H,3-15H2,(H,18,19). The van der Waals surface area contributed by atoms with Crippen molar-refractivity contribution in [2.75, 3.05) is 13.2 Å². The van der Waals surface area contributed by atoms with Gasteiger partial charge in [-0.3, -0.25) is 0 Å². The summed E-state index contributed by atoms with van der Waals surface area (Å²) in [5, 5.41) is 2.84. The zero-order valence-corrected chi connectivity index (χ0v) is 12.7. The second-order valence-corrected chi connectivity index (χ2v) is 5.79. The number of carbonyl (C=O) groups is 1. The van der Waals surface area contributed by atoms with Crippen LogP contribution in [0.4, 0.5) is 4.79 Å². The smallest absolute Gasteiger partial charge is 0.408 e. The summed E-state index contributed by atoms with van der Waals surface area (Å²) in [6, 6.07) is 0. The van der Waals surface area contributed by atoms with Crippen LogP contribution in [0.1, 0.15) is 70.6 Å².